The highest BCUT2D eigenvalue weighted by Crippen LogP contribution is 2.54. The molecule has 0 radical (unpaired) electrons. The predicted octanol–water partition coefficient (Wildman–Crippen LogP) is 3.80. The van der Waals surface area contributed by atoms with Crippen LogP contribution >= 0.6 is 22.6 Å². The first-order valence-electron chi connectivity index (χ1n) is 9.53. The molecule has 1 amide bonds. The van der Waals surface area contributed by atoms with Crippen LogP contribution in [0.3, 0.4) is 0 Å². The van der Waals surface area contributed by atoms with Crippen molar-refractivity contribution in [2.75, 3.05) is 18.1 Å². The molecule has 0 spiro atoms. The molecule has 0 N–H and O–H groups in total. The van der Waals surface area contributed by atoms with Gasteiger partial charge in [0, 0.05) is 30.2 Å². The van der Waals surface area contributed by atoms with Gasteiger partial charge in [0.1, 0.15) is 0 Å². The van der Waals surface area contributed by atoms with Crippen molar-refractivity contribution in [3.63, 3.8) is 0 Å². The number of nitrogens with zero attached hydrogens (tertiary/aromatic N) is 2. The molecule has 1 saturated heterocycles. The number of carbonyl (C=O) groups is 2. The normalized spacial score (nSPS) is 26.7. The Bertz CT molecular complexity index is 906. The summed E-state index contributed by atoms with van der Waals surface area (Å²) in [5.74, 6) is 0.302. The van der Waals surface area contributed by atoms with Gasteiger partial charge in [-0.25, -0.2) is 0 Å². The van der Waals surface area contributed by atoms with Gasteiger partial charge < -0.3 is 14.2 Å². The van der Waals surface area contributed by atoms with Crippen molar-refractivity contribution in [2.24, 2.45) is 18.9 Å². The molecule has 1 aromatic heterocycles. The molecule has 2 aliphatic rings. The van der Waals surface area contributed by atoms with Gasteiger partial charge in [0.25, 0.3) is 0 Å². The van der Waals surface area contributed by atoms with E-state index in [0.717, 1.165) is 41.5 Å². The maximum absolute atomic E-state index is 12.9. The highest BCUT2D eigenvalue weighted by molar-refractivity contribution is 14.1. The second kappa shape index (κ2) is 7.11. The molecule has 1 aliphatic heterocycles. The minimum Gasteiger partial charge on any atom is -0.469 e. The first kappa shape index (κ1) is 18.8. The van der Waals surface area contributed by atoms with Gasteiger partial charge in [-0.3, -0.25) is 9.59 Å². The second-order valence-corrected chi connectivity index (χ2v) is 8.40. The lowest BCUT2D eigenvalue weighted by atomic mass is 9.65. The number of hydrogen-bond donors (Lipinski definition) is 0. The molecule has 2 bridgehead atoms. The Morgan fingerprint density at radius 3 is 2.70 bits per heavy atom. The molecule has 2 heterocycles. The van der Waals surface area contributed by atoms with Crippen LogP contribution in [0.25, 0.3) is 10.9 Å². The average Bonchev–Trinajstić information content (AvgIpc) is 3.00. The third kappa shape index (κ3) is 2.70. The number of benzene rings is 1. The number of hydrogen-bond acceptors (Lipinski definition) is 3. The van der Waals surface area contributed by atoms with Gasteiger partial charge in [-0.05, 0) is 29.9 Å². The number of likely N-dealkylation sites (tertiary alicyclic amines) is 1. The molecule has 6 heteroatoms. The zero-order valence-electron chi connectivity index (χ0n) is 15.9. The number of para-hydroxylation sites is 1. The number of esters is 1. The van der Waals surface area contributed by atoms with Crippen molar-refractivity contribution in [3.05, 3.63) is 35.5 Å². The topological polar surface area (TPSA) is 51.5 Å². The third-order valence-corrected chi connectivity index (χ3v) is 7.22. The number of methoxy groups -OCH3 is 1. The molecule has 4 atom stereocenters. The Balaban J connectivity index is 2.00. The van der Waals surface area contributed by atoms with Gasteiger partial charge in [-0.15, -0.1) is 0 Å². The number of alkyl halides is 1. The quantitative estimate of drug-likeness (QED) is 0.382. The van der Waals surface area contributed by atoms with E-state index in [4.69, 9.17) is 4.74 Å². The van der Waals surface area contributed by atoms with Crippen molar-refractivity contribution in [3.8, 4) is 0 Å². The summed E-state index contributed by atoms with van der Waals surface area (Å²) in [6.45, 7) is 2.88. The molecule has 144 valence electrons. The van der Waals surface area contributed by atoms with Gasteiger partial charge in [-0.1, -0.05) is 54.1 Å². The standard InChI is InChI=1S/C21H25IN2O3/c1-4-12-11-24(17(25)10-22)16-9-14(12)19(21(26)27-3)18-13-7-5-6-8-15(13)23(2)20(16)18/h5-8,12,14,16,19H,4,9-11H2,1-3H3/t12-,14+,16+,19+/m0/s1. The number of aryl methyl sites for hydroxylation is 1. The maximum Gasteiger partial charge on any atom is 0.313 e. The number of carbonyl (C=O) groups excluding carboxylic acids is 2. The molecule has 4 rings (SSSR count). The summed E-state index contributed by atoms with van der Waals surface area (Å²) < 4.78 is 7.92. The number of fused-ring (bicyclic) bond motifs is 6. The van der Waals surface area contributed by atoms with Crippen LogP contribution in [0, 0.1) is 11.8 Å². The van der Waals surface area contributed by atoms with E-state index in [1.165, 1.54) is 7.11 Å². The molecule has 2 aromatic rings. The first-order chi connectivity index (χ1) is 13.0. The molecule has 27 heavy (non-hydrogen) atoms. The van der Waals surface area contributed by atoms with Crippen LogP contribution in [0.1, 0.15) is 43.0 Å². The molecule has 5 nitrogen and oxygen atoms in total. The highest BCUT2D eigenvalue weighted by Gasteiger charge is 2.51. The molecule has 1 aliphatic carbocycles. The van der Waals surface area contributed by atoms with Crippen molar-refractivity contribution < 1.29 is 14.3 Å². The van der Waals surface area contributed by atoms with Gasteiger partial charge in [-0.2, -0.15) is 0 Å². The lowest BCUT2D eigenvalue weighted by Crippen LogP contribution is -2.51. The van der Waals surface area contributed by atoms with Crippen LogP contribution < -0.4 is 0 Å². The molecule has 0 saturated carbocycles. The van der Waals surface area contributed by atoms with E-state index in [9.17, 15) is 9.59 Å². The number of ether oxygens (including phenoxy) is 1. The molecule has 1 fully saturated rings. The van der Waals surface area contributed by atoms with Crippen LogP contribution in [-0.2, 0) is 21.4 Å². The van der Waals surface area contributed by atoms with Gasteiger partial charge in [0.15, 0.2) is 0 Å². The fourth-order valence-electron chi connectivity index (χ4n) is 5.35. The highest BCUT2D eigenvalue weighted by atomic mass is 127. The second-order valence-electron chi connectivity index (χ2n) is 7.64. The fraction of sp³-hybridized carbons (Fsp3) is 0.524. The summed E-state index contributed by atoms with van der Waals surface area (Å²) in [6.07, 6.45) is 1.79. The Labute approximate surface area is 173 Å². The van der Waals surface area contributed by atoms with Crippen LogP contribution in [0.15, 0.2) is 24.3 Å². The number of aromatic nitrogens is 1. The van der Waals surface area contributed by atoms with Crippen molar-refractivity contribution >= 4 is 45.4 Å². The Morgan fingerprint density at radius 2 is 2.04 bits per heavy atom. The lowest BCUT2D eigenvalue weighted by molar-refractivity contribution is -0.147. The van der Waals surface area contributed by atoms with Crippen LogP contribution in [0.5, 0.6) is 0 Å². The summed E-state index contributed by atoms with van der Waals surface area (Å²) in [7, 11) is 3.53. The number of rotatable bonds is 3. The molecule has 1 aromatic carbocycles. The predicted molar refractivity (Wildman–Crippen MR) is 113 cm³/mol. The van der Waals surface area contributed by atoms with E-state index in [1.807, 2.05) is 12.1 Å². The maximum atomic E-state index is 12.9. The van der Waals surface area contributed by atoms with E-state index in [0.29, 0.717) is 10.3 Å². The zero-order chi connectivity index (χ0) is 19.3. The molecule has 0 unspecified atom stereocenters. The van der Waals surface area contributed by atoms with Crippen LogP contribution in [0.2, 0.25) is 0 Å². The van der Waals surface area contributed by atoms with E-state index >= 15 is 0 Å². The number of halogens is 1. The van der Waals surface area contributed by atoms with E-state index in [-0.39, 0.29) is 29.8 Å². The number of piperidine rings is 1. The van der Waals surface area contributed by atoms with E-state index < -0.39 is 0 Å². The largest absolute Gasteiger partial charge is 0.469 e. The Morgan fingerprint density at radius 1 is 1.30 bits per heavy atom. The smallest absolute Gasteiger partial charge is 0.313 e. The number of amides is 1. The van der Waals surface area contributed by atoms with Gasteiger partial charge >= 0.3 is 5.97 Å². The van der Waals surface area contributed by atoms with E-state index in [2.05, 4.69) is 58.2 Å². The first-order valence-corrected chi connectivity index (χ1v) is 11.1. The minimum absolute atomic E-state index is 0.0355. The van der Waals surface area contributed by atoms with Gasteiger partial charge in [0.05, 0.1) is 23.5 Å². The third-order valence-electron chi connectivity index (χ3n) is 6.57. The Hall–Kier alpha value is -1.57. The monoisotopic (exact) mass is 480 g/mol. The summed E-state index contributed by atoms with van der Waals surface area (Å²) in [5.41, 5.74) is 3.29. The lowest BCUT2D eigenvalue weighted by Gasteiger charge is -2.49. The Kier molecular flexibility index (Phi) is 4.94. The van der Waals surface area contributed by atoms with E-state index in [1.54, 1.807) is 0 Å². The van der Waals surface area contributed by atoms with Crippen molar-refractivity contribution in [2.45, 2.75) is 31.7 Å². The van der Waals surface area contributed by atoms with Crippen molar-refractivity contribution in [1.82, 2.24) is 9.47 Å². The summed E-state index contributed by atoms with van der Waals surface area (Å²) in [4.78, 5) is 27.7. The molecular weight excluding hydrogens is 455 g/mol. The van der Waals surface area contributed by atoms with Crippen molar-refractivity contribution in [1.29, 1.82) is 0 Å². The SMILES string of the molecule is CC[C@H]1CN(C(=O)CI)[C@@H]2C[C@H]1[C@@H](C(=O)OC)c1c2n(C)c2ccccc12. The summed E-state index contributed by atoms with van der Waals surface area (Å²) in [5, 5.41) is 1.11. The minimum atomic E-state index is -0.255. The fourth-order valence-corrected chi connectivity index (χ4v) is 5.79. The molecular formula is C21H25IN2O3. The zero-order valence-corrected chi connectivity index (χ0v) is 18.1. The summed E-state index contributed by atoms with van der Waals surface area (Å²) in [6, 6.07) is 8.26. The van der Waals surface area contributed by atoms with Gasteiger partial charge in [0.2, 0.25) is 5.91 Å². The van der Waals surface area contributed by atoms with Crippen LogP contribution in [0.4, 0.5) is 0 Å². The summed E-state index contributed by atoms with van der Waals surface area (Å²) >= 11 is 2.16. The average molecular weight is 480 g/mol. The van der Waals surface area contributed by atoms with Crippen LogP contribution in [-0.4, -0.2) is 39.4 Å².